The first-order chi connectivity index (χ1) is 15.2. The second-order valence-electron chi connectivity index (χ2n) is 10.1. The van der Waals surface area contributed by atoms with Crippen LogP contribution < -0.4 is 10.4 Å². The Kier molecular flexibility index (Phi) is 6.87. The Morgan fingerprint density at radius 2 is 1.88 bits per heavy atom. The van der Waals surface area contributed by atoms with Gasteiger partial charge in [0.15, 0.2) is 6.29 Å². The molecule has 176 valence electrons. The van der Waals surface area contributed by atoms with Crippen molar-refractivity contribution >= 4 is 24.3 Å². The van der Waals surface area contributed by atoms with Crippen LogP contribution in [0.3, 0.4) is 0 Å². The van der Waals surface area contributed by atoms with Crippen molar-refractivity contribution in [1.82, 2.24) is 4.90 Å². The summed E-state index contributed by atoms with van der Waals surface area (Å²) < 4.78 is 23.8. The van der Waals surface area contributed by atoms with Crippen molar-refractivity contribution < 1.29 is 23.6 Å². The second-order valence-corrected chi connectivity index (χ2v) is 10.1. The fourth-order valence-corrected chi connectivity index (χ4v) is 4.43. The van der Waals surface area contributed by atoms with Crippen molar-refractivity contribution in [1.29, 1.82) is 0 Å². The summed E-state index contributed by atoms with van der Waals surface area (Å²) in [4.78, 5) is 16.8. The molecular weight excluding hydrogens is 407 g/mol. The maximum absolute atomic E-state index is 13.0. The van der Waals surface area contributed by atoms with E-state index < -0.39 is 7.12 Å². The van der Waals surface area contributed by atoms with Crippen LogP contribution >= 0.6 is 0 Å². The van der Waals surface area contributed by atoms with E-state index in [0.717, 1.165) is 55.5 Å². The lowest BCUT2D eigenvalue weighted by atomic mass is 9.78. The molecule has 3 aliphatic heterocycles. The van der Waals surface area contributed by atoms with Gasteiger partial charge in [-0.2, -0.15) is 0 Å². The largest absolute Gasteiger partial charge is 0.494 e. The number of amides is 2. The number of nitrogens with zero attached hydrogens (tertiary/aromatic N) is 2. The molecule has 8 heteroatoms. The van der Waals surface area contributed by atoms with Crippen molar-refractivity contribution in [3.05, 3.63) is 23.8 Å². The van der Waals surface area contributed by atoms with Gasteiger partial charge in [0.25, 0.3) is 0 Å². The van der Waals surface area contributed by atoms with E-state index in [4.69, 9.17) is 18.8 Å². The topological polar surface area (TPSA) is 60.5 Å². The van der Waals surface area contributed by atoms with Gasteiger partial charge in [-0.3, -0.25) is 4.90 Å². The molecule has 0 aromatic heterocycles. The number of aryl methyl sites for hydroxylation is 1. The van der Waals surface area contributed by atoms with Gasteiger partial charge in [-0.25, -0.2) is 4.79 Å². The van der Waals surface area contributed by atoms with Gasteiger partial charge < -0.3 is 23.7 Å². The molecule has 1 aromatic carbocycles. The molecule has 3 saturated heterocycles. The van der Waals surface area contributed by atoms with Crippen LogP contribution in [0.2, 0.25) is 0 Å². The highest BCUT2D eigenvalue weighted by atomic mass is 16.7. The fraction of sp³-hybridized carbons (Fsp3) is 0.708. The highest BCUT2D eigenvalue weighted by Gasteiger charge is 2.51. The lowest BCUT2D eigenvalue weighted by Crippen LogP contribution is -2.41. The molecule has 0 bridgehead atoms. The van der Waals surface area contributed by atoms with Gasteiger partial charge in [0.05, 0.1) is 17.8 Å². The Balaban J connectivity index is 1.31. The number of rotatable bonds is 7. The molecule has 1 unspecified atom stereocenters. The summed E-state index contributed by atoms with van der Waals surface area (Å²) in [5.41, 5.74) is 2.23. The molecule has 3 heterocycles. The third-order valence-corrected chi connectivity index (χ3v) is 7.15. The number of anilines is 1. The van der Waals surface area contributed by atoms with Crippen molar-refractivity contribution in [2.24, 2.45) is 0 Å². The smallest absolute Gasteiger partial charge is 0.399 e. The molecule has 0 N–H and O–H groups in total. The third-order valence-electron chi connectivity index (χ3n) is 7.15. The minimum Gasteiger partial charge on any atom is -0.399 e. The summed E-state index contributed by atoms with van der Waals surface area (Å²) in [5.74, 6) is 0. The minimum atomic E-state index is -0.397. The Labute approximate surface area is 192 Å². The molecule has 0 spiro atoms. The Morgan fingerprint density at radius 1 is 1.12 bits per heavy atom. The molecule has 1 atom stereocenters. The molecule has 7 nitrogen and oxygen atoms in total. The maximum atomic E-state index is 13.0. The zero-order chi connectivity index (χ0) is 22.9. The van der Waals surface area contributed by atoms with Gasteiger partial charge in [0.2, 0.25) is 0 Å². The highest BCUT2D eigenvalue weighted by molar-refractivity contribution is 6.62. The van der Waals surface area contributed by atoms with E-state index in [1.54, 1.807) is 0 Å². The Morgan fingerprint density at radius 3 is 2.53 bits per heavy atom. The number of urea groups is 1. The van der Waals surface area contributed by atoms with Crippen molar-refractivity contribution in [3.63, 3.8) is 0 Å². The quantitative estimate of drug-likeness (QED) is 0.476. The lowest BCUT2D eigenvalue weighted by molar-refractivity contribution is -0.162. The first kappa shape index (κ1) is 23.5. The minimum absolute atomic E-state index is 0.0606. The number of benzene rings is 1. The van der Waals surface area contributed by atoms with Crippen LogP contribution in [0.4, 0.5) is 10.5 Å². The van der Waals surface area contributed by atoms with Crippen LogP contribution in [0.15, 0.2) is 18.2 Å². The zero-order valence-electron chi connectivity index (χ0n) is 20.2. The number of hydrogen-bond acceptors (Lipinski definition) is 5. The van der Waals surface area contributed by atoms with Crippen LogP contribution in [0.1, 0.15) is 58.9 Å². The Hall–Kier alpha value is -1.61. The van der Waals surface area contributed by atoms with E-state index in [1.807, 2.05) is 28.9 Å². The molecule has 4 rings (SSSR count). The van der Waals surface area contributed by atoms with E-state index >= 15 is 0 Å². The Bertz CT molecular complexity index is 809. The normalized spacial score (nSPS) is 25.1. The van der Waals surface area contributed by atoms with Gasteiger partial charge in [-0.15, -0.1) is 0 Å². The predicted molar refractivity (Wildman–Crippen MR) is 125 cm³/mol. The second kappa shape index (κ2) is 9.33. The SMILES string of the molecule is Cc1cc(B2OC(C)(C)C(C)(C)O2)ccc1N1CCN(CCCOC2CCCCO2)C1=O. The summed E-state index contributed by atoms with van der Waals surface area (Å²) in [5, 5.41) is 0. The van der Waals surface area contributed by atoms with Crippen LogP contribution in [0.25, 0.3) is 0 Å². The molecule has 0 saturated carbocycles. The van der Waals surface area contributed by atoms with Crippen LogP contribution in [-0.2, 0) is 18.8 Å². The molecule has 3 fully saturated rings. The summed E-state index contributed by atoms with van der Waals surface area (Å²) in [6.45, 7) is 13.8. The van der Waals surface area contributed by atoms with E-state index in [9.17, 15) is 4.79 Å². The molecular formula is C24H37BN2O5. The summed E-state index contributed by atoms with van der Waals surface area (Å²) in [6.07, 6.45) is 4.00. The summed E-state index contributed by atoms with van der Waals surface area (Å²) in [6, 6.07) is 6.16. The molecule has 0 aliphatic carbocycles. The van der Waals surface area contributed by atoms with Crippen molar-refractivity contribution in [3.8, 4) is 0 Å². The van der Waals surface area contributed by atoms with Crippen LogP contribution in [0.5, 0.6) is 0 Å². The molecule has 1 aromatic rings. The van der Waals surface area contributed by atoms with E-state index in [-0.39, 0.29) is 23.5 Å². The van der Waals surface area contributed by atoms with E-state index in [0.29, 0.717) is 19.7 Å². The molecule has 2 amide bonds. The van der Waals surface area contributed by atoms with Gasteiger partial charge in [-0.1, -0.05) is 12.1 Å². The fourth-order valence-electron chi connectivity index (χ4n) is 4.43. The number of carbonyl (C=O) groups excluding carboxylic acids is 1. The molecule has 0 radical (unpaired) electrons. The average Bonchev–Trinajstić information content (AvgIpc) is 3.21. The number of carbonyl (C=O) groups is 1. The molecule has 3 aliphatic rings. The van der Waals surface area contributed by atoms with Gasteiger partial charge >= 0.3 is 13.1 Å². The van der Waals surface area contributed by atoms with Crippen LogP contribution in [0, 0.1) is 6.92 Å². The third kappa shape index (κ3) is 4.83. The first-order valence-electron chi connectivity index (χ1n) is 11.9. The van der Waals surface area contributed by atoms with Crippen molar-refractivity contribution in [2.45, 2.75) is 77.8 Å². The van der Waals surface area contributed by atoms with Gasteiger partial charge in [0, 0.05) is 31.9 Å². The van der Waals surface area contributed by atoms with E-state index in [2.05, 4.69) is 33.8 Å². The maximum Gasteiger partial charge on any atom is 0.494 e. The predicted octanol–water partition coefficient (Wildman–Crippen LogP) is 3.47. The summed E-state index contributed by atoms with van der Waals surface area (Å²) in [7, 11) is -0.397. The summed E-state index contributed by atoms with van der Waals surface area (Å²) >= 11 is 0. The first-order valence-corrected chi connectivity index (χ1v) is 11.9. The standard InChI is InChI=1S/C24H37BN2O5/c1-18-17-19(25-31-23(2,3)24(4,5)32-25)10-11-20(18)27-14-13-26(22(27)28)12-8-16-30-21-9-6-7-15-29-21/h10-11,17,21H,6-9,12-16H2,1-5H3. The van der Waals surface area contributed by atoms with Crippen molar-refractivity contribution in [2.75, 3.05) is 37.7 Å². The van der Waals surface area contributed by atoms with Gasteiger partial charge in [-0.05, 0) is 77.4 Å². The van der Waals surface area contributed by atoms with E-state index in [1.165, 1.54) is 0 Å². The van der Waals surface area contributed by atoms with Crippen LogP contribution in [-0.4, -0.2) is 68.4 Å². The molecule has 32 heavy (non-hydrogen) atoms. The highest BCUT2D eigenvalue weighted by Crippen LogP contribution is 2.36. The average molecular weight is 444 g/mol. The zero-order valence-corrected chi connectivity index (χ0v) is 20.2. The van der Waals surface area contributed by atoms with Gasteiger partial charge in [0.1, 0.15) is 0 Å². The number of hydrogen-bond donors (Lipinski definition) is 0. The monoisotopic (exact) mass is 444 g/mol. The lowest BCUT2D eigenvalue weighted by Gasteiger charge is -2.32. The number of ether oxygens (including phenoxy) is 2.